The third-order valence-corrected chi connectivity index (χ3v) is 8.98. The van der Waals surface area contributed by atoms with Gasteiger partial charge in [-0.3, -0.25) is 0 Å². The predicted molar refractivity (Wildman–Crippen MR) is 89.6 cm³/mol. The number of para-hydroxylation sites is 1. The van der Waals surface area contributed by atoms with Gasteiger partial charge in [-0.25, -0.2) is 0 Å². The van der Waals surface area contributed by atoms with E-state index in [1.807, 2.05) is 25.4 Å². The van der Waals surface area contributed by atoms with Crippen LogP contribution < -0.4 is 0 Å². The molecular formula is C17H24N2OSi. The normalized spacial score (nSPS) is 14.1. The summed E-state index contributed by atoms with van der Waals surface area (Å²) in [6.07, 6.45) is 1.52. The minimum absolute atomic E-state index is 0.0900. The van der Waals surface area contributed by atoms with Gasteiger partial charge in [-0.2, -0.15) is 5.26 Å². The molecule has 0 aliphatic rings. The van der Waals surface area contributed by atoms with Crippen LogP contribution >= 0.6 is 0 Å². The van der Waals surface area contributed by atoms with Crippen LogP contribution in [0.25, 0.3) is 10.9 Å². The number of nitriles is 1. The van der Waals surface area contributed by atoms with E-state index in [2.05, 4.69) is 56.6 Å². The molecular weight excluding hydrogens is 276 g/mol. The summed E-state index contributed by atoms with van der Waals surface area (Å²) in [4.78, 5) is 0. The number of rotatable bonds is 3. The fourth-order valence-corrected chi connectivity index (χ4v) is 3.34. The maximum absolute atomic E-state index is 9.62. The molecule has 2 aromatic rings. The van der Waals surface area contributed by atoms with Crippen LogP contribution in [0.3, 0.4) is 0 Å². The van der Waals surface area contributed by atoms with Crippen LogP contribution in [-0.4, -0.2) is 12.9 Å². The lowest BCUT2D eigenvalue weighted by molar-refractivity contribution is 0.237. The van der Waals surface area contributed by atoms with Gasteiger partial charge >= 0.3 is 0 Å². The van der Waals surface area contributed by atoms with E-state index in [9.17, 15) is 5.26 Å². The van der Waals surface area contributed by atoms with Crippen LogP contribution in [0.1, 0.15) is 32.4 Å². The van der Waals surface area contributed by atoms with Crippen molar-refractivity contribution in [2.24, 2.45) is 7.05 Å². The number of hydrogen-bond acceptors (Lipinski definition) is 2. The molecule has 0 aliphatic heterocycles. The molecule has 112 valence electrons. The Balaban J connectivity index is 2.45. The van der Waals surface area contributed by atoms with Gasteiger partial charge in [0.1, 0.15) is 0 Å². The SMILES string of the molecule is Cn1cc(C(C#N)O[Si](C)(C)C(C)(C)C)c2ccccc21. The number of nitrogens with zero attached hydrogens (tertiary/aromatic N) is 2. The van der Waals surface area contributed by atoms with E-state index < -0.39 is 14.4 Å². The summed E-state index contributed by atoms with van der Waals surface area (Å²) in [7, 11) is 0.0249. The molecule has 0 bridgehead atoms. The number of aryl methyl sites for hydroxylation is 1. The van der Waals surface area contributed by atoms with E-state index in [4.69, 9.17) is 4.43 Å². The standard InChI is InChI=1S/C17H24N2OSi/c1-17(2,3)21(5,6)20-16(11-18)14-12-19(4)15-10-8-7-9-13(14)15/h7-10,12,16H,1-6H3. The Morgan fingerprint density at radius 3 is 2.43 bits per heavy atom. The number of fused-ring (bicyclic) bond motifs is 1. The van der Waals surface area contributed by atoms with Crippen molar-refractivity contribution >= 4 is 19.2 Å². The lowest BCUT2D eigenvalue weighted by Gasteiger charge is -2.37. The summed E-state index contributed by atoms with van der Waals surface area (Å²) >= 11 is 0. The highest BCUT2D eigenvalue weighted by Gasteiger charge is 2.40. The maximum Gasteiger partial charge on any atom is 0.194 e. The molecule has 0 aliphatic carbocycles. The summed E-state index contributed by atoms with van der Waals surface area (Å²) in [5, 5.41) is 10.8. The lowest BCUT2D eigenvalue weighted by atomic mass is 10.1. The molecule has 4 heteroatoms. The van der Waals surface area contributed by atoms with E-state index in [-0.39, 0.29) is 5.04 Å². The number of aromatic nitrogens is 1. The van der Waals surface area contributed by atoms with Gasteiger partial charge in [0, 0.05) is 29.7 Å². The zero-order valence-electron chi connectivity index (χ0n) is 13.8. The fraction of sp³-hybridized carbons (Fsp3) is 0.471. The van der Waals surface area contributed by atoms with Gasteiger partial charge in [-0.15, -0.1) is 0 Å². The molecule has 1 aromatic heterocycles. The van der Waals surface area contributed by atoms with Gasteiger partial charge < -0.3 is 8.99 Å². The molecule has 1 unspecified atom stereocenters. The Hall–Kier alpha value is -1.57. The van der Waals surface area contributed by atoms with Crippen molar-refractivity contribution in [2.75, 3.05) is 0 Å². The molecule has 3 nitrogen and oxygen atoms in total. The first-order chi connectivity index (χ1) is 9.67. The molecule has 0 spiro atoms. The average Bonchev–Trinajstić information content (AvgIpc) is 2.73. The van der Waals surface area contributed by atoms with E-state index in [1.165, 1.54) is 0 Å². The molecule has 0 saturated heterocycles. The highest BCUT2D eigenvalue weighted by molar-refractivity contribution is 6.74. The van der Waals surface area contributed by atoms with Crippen molar-refractivity contribution in [3.05, 3.63) is 36.0 Å². The van der Waals surface area contributed by atoms with Gasteiger partial charge in [0.2, 0.25) is 0 Å². The molecule has 0 amide bonds. The third kappa shape index (κ3) is 2.90. The van der Waals surface area contributed by atoms with Gasteiger partial charge in [-0.1, -0.05) is 39.0 Å². The Bertz CT molecular complexity index is 689. The highest BCUT2D eigenvalue weighted by Crippen LogP contribution is 2.40. The second-order valence-electron chi connectivity index (χ2n) is 7.10. The van der Waals surface area contributed by atoms with Gasteiger partial charge in [0.05, 0.1) is 6.07 Å². The highest BCUT2D eigenvalue weighted by atomic mass is 28.4. The summed E-state index contributed by atoms with van der Waals surface area (Å²) in [6.45, 7) is 10.9. The largest absolute Gasteiger partial charge is 0.398 e. The summed E-state index contributed by atoms with van der Waals surface area (Å²) in [5.41, 5.74) is 2.10. The second kappa shape index (κ2) is 5.32. The van der Waals surface area contributed by atoms with E-state index in [0.717, 1.165) is 16.5 Å². The minimum atomic E-state index is -1.98. The van der Waals surface area contributed by atoms with Crippen molar-refractivity contribution in [2.45, 2.75) is 45.0 Å². The first-order valence-corrected chi connectivity index (χ1v) is 10.2. The summed E-state index contributed by atoms with van der Waals surface area (Å²) < 4.78 is 8.38. The van der Waals surface area contributed by atoms with Crippen LogP contribution in [0.2, 0.25) is 18.1 Å². The van der Waals surface area contributed by atoms with Gasteiger partial charge in [0.15, 0.2) is 14.4 Å². The third-order valence-electron chi connectivity index (χ3n) is 4.55. The Labute approximate surface area is 128 Å². The first-order valence-electron chi connectivity index (χ1n) is 7.29. The van der Waals surface area contributed by atoms with Crippen LogP contribution in [0.5, 0.6) is 0 Å². The molecule has 1 heterocycles. The molecule has 1 atom stereocenters. The van der Waals surface area contributed by atoms with Crippen molar-refractivity contribution in [1.29, 1.82) is 5.26 Å². The molecule has 1 aromatic carbocycles. The Kier molecular flexibility index (Phi) is 4.01. The van der Waals surface area contributed by atoms with E-state index >= 15 is 0 Å². The number of benzene rings is 1. The smallest absolute Gasteiger partial charge is 0.194 e. The zero-order valence-corrected chi connectivity index (χ0v) is 14.8. The van der Waals surface area contributed by atoms with Crippen LogP contribution in [0.15, 0.2) is 30.5 Å². The van der Waals surface area contributed by atoms with Gasteiger partial charge in [0.25, 0.3) is 0 Å². The predicted octanol–water partition coefficient (Wildman–Crippen LogP) is 4.76. The zero-order chi connectivity index (χ0) is 15.8. The Morgan fingerprint density at radius 1 is 1.24 bits per heavy atom. The van der Waals surface area contributed by atoms with Crippen LogP contribution in [0, 0.1) is 11.3 Å². The molecule has 2 rings (SSSR count). The molecule has 21 heavy (non-hydrogen) atoms. The molecule has 0 saturated carbocycles. The first kappa shape index (κ1) is 15.8. The topological polar surface area (TPSA) is 38.0 Å². The summed E-state index contributed by atoms with van der Waals surface area (Å²) in [5.74, 6) is 0. The summed E-state index contributed by atoms with van der Waals surface area (Å²) in [6, 6.07) is 10.5. The van der Waals surface area contributed by atoms with Crippen molar-refractivity contribution in [3.63, 3.8) is 0 Å². The molecule has 0 N–H and O–H groups in total. The fourth-order valence-electron chi connectivity index (χ4n) is 2.21. The van der Waals surface area contributed by atoms with Gasteiger partial charge in [-0.05, 0) is 24.2 Å². The Morgan fingerprint density at radius 2 is 1.86 bits per heavy atom. The van der Waals surface area contributed by atoms with Crippen LogP contribution in [-0.2, 0) is 11.5 Å². The van der Waals surface area contributed by atoms with E-state index in [1.54, 1.807) is 0 Å². The second-order valence-corrected chi connectivity index (χ2v) is 11.9. The monoisotopic (exact) mass is 300 g/mol. The molecule has 0 fully saturated rings. The maximum atomic E-state index is 9.62. The van der Waals surface area contributed by atoms with Crippen molar-refractivity contribution < 1.29 is 4.43 Å². The minimum Gasteiger partial charge on any atom is -0.398 e. The quantitative estimate of drug-likeness (QED) is 0.766. The van der Waals surface area contributed by atoms with Crippen molar-refractivity contribution in [3.8, 4) is 6.07 Å². The molecule has 0 radical (unpaired) electrons. The van der Waals surface area contributed by atoms with Crippen molar-refractivity contribution in [1.82, 2.24) is 4.57 Å². The number of hydrogen-bond donors (Lipinski definition) is 0. The van der Waals surface area contributed by atoms with E-state index in [0.29, 0.717) is 0 Å². The lowest BCUT2D eigenvalue weighted by Crippen LogP contribution is -2.41. The van der Waals surface area contributed by atoms with Crippen LogP contribution in [0.4, 0.5) is 0 Å². The average molecular weight is 300 g/mol.